The van der Waals surface area contributed by atoms with Crippen LogP contribution in [0.1, 0.15) is 43.2 Å². The summed E-state index contributed by atoms with van der Waals surface area (Å²) < 4.78 is 5.72. The molecule has 3 unspecified atom stereocenters. The van der Waals surface area contributed by atoms with E-state index < -0.39 is 0 Å². The molecule has 0 bridgehead atoms. The van der Waals surface area contributed by atoms with Crippen LogP contribution in [0.5, 0.6) is 0 Å². The van der Waals surface area contributed by atoms with Crippen LogP contribution in [0, 0.1) is 12.8 Å². The molecule has 0 amide bonds. The largest absolute Gasteiger partial charge is 0.378 e. The number of ether oxygens (including phenoxy) is 1. The molecule has 2 nitrogen and oxygen atoms in total. The predicted molar refractivity (Wildman–Crippen MR) is 73.6 cm³/mol. The Morgan fingerprint density at radius 2 is 2.41 bits per heavy atom. The van der Waals surface area contributed by atoms with Gasteiger partial charge in [0.2, 0.25) is 0 Å². The highest BCUT2D eigenvalue weighted by molar-refractivity contribution is 7.10. The lowest BCUT2D eigenvalue weighted by molar-refractivity contribution is 0.117. The topological polar surface area (TPSA) is 21.3 Å². The molecule has 1 aromatic heterocycles. The first-order valence-electron chi connectivity index (χ1n) is 6.60. The van der Waals surface area contributed by atoms with Crippen LogP contribution in [-0.4, -0.2) is 19.3 Å². The van der Waals surface area contributed by atoms with E-state index in [4.69, 9.17) is 4.74 Å². The van der Waals surface area contributed by atoms with Crippen molar-refractivity contribution in [2.45, 2.75) is 45.8 Å². The summed E-state index contributed by atoms with van der Waals surface area (Å²) in [6.07, 6.45) is 2.78. The summed E-state index contributed by atoms with van der Waals surface area (Å²) in [4.78, 5) is 1.40. The minimum absolute atomic E-state index is 0.422. The van der Waals surface area contributed by atoms with E-state index in [9.17, 15) is 0 Å². The van der Waals surface area contributed by atoms with Gasteiger partial charge in [0.05, 0.1) is 12.7 Å². The maximum absolute atomic E-state index is 5.72. The third-order valence-corrected chi connectivity index (χ3v) is 4.30. The fourth-order valence-electron chi connectivity index (χ4n) is 2.57. The molecule has 0 saturated carbocycles. The van der Waals surface area contributed by atoms with Crippen molar-refractivity contribution in [2.75, 3.05) is 13.2 Å². The third kappa shape index (κ3) is 3.30. The Bertz CT molecular complexity index is 350. The van der Waals surface area contributed by atoms with Crippen molar-refractivity contribution in [1.29, 1.82) is 0 Å². The number of rotatable bonds is 5. The van der Waals surface area contributed by atoms with Crippen LogP contribution >= 0.6 is 11.3 Å². The van der Waals surface area contributed by atoms with E-state index in [2.05, 4.69) is 37.5 Å². The first kappa shape index (κ1) is 13.1. The van der Waals surface area contributed by atoms with Gasteiger partial charge in [-0.25, -0.2) is 0 Å². The molecule has 1 aliphatic rings. The van der Waals surface area contributed by atoms with Gasteiger partial charge >= 0.3 is 0 Å². The average Bonchev–Trinajstić information content (AvgIpc) is 2.89. The van der Waals surface area contributed by atoms with Crippen LogP contribution in [0.25, 0.3) is 0 Å². The van der Waals surface area contributed by atoms with E-state index in [-0.39, 0.29) is 0 Å². The highest BCUT2D eigenvalue weighted by Gasteiger charge is 2.30. The Kier molecular flexibility index (Phi) is 4.60. The molecule has 96 valence electrons. The second-order valence-corrected chi connectivity index (χ2v) is 6.18. The van der Waals surface area contributed by atoms with E-state index in [1.54, 1.807) is 0 Å². The van der Waals surface area contributed by atoms with Gasteiger partial charge in [0.25, 0.3) is 0 Å². The minimum Gasteiger partial charge on any atom is -0.378 e. The highest BCUT2D eigenvalue weighted by atomic mass is 32.1. The zero-order valence-corrected chi connectivity index (χ0v) is 11.8. The number of thiophene rings is 1. The Balaban J connectivity index is 2.07. The molecule has 2 heterocycles. The molecular weight excluding hydrogens is 230 g/mol. The molecule has 1 aromatic rings. The summed E-state index contributed by atoms with van der Waals surface area (Å²) in [5.74, 6) is 0.630. The Labute approximate surface area is 108 Å². The molecule has 3 heteroatoms. The zero-order valence-electron chi connectivity index (χ0n) is 11.0. The first-order valence-corrected chi connectivity index (χ1v) is 7.48. The van der Waals surface area contributed by atoms with Gasteiger partial charge in [0, 0.05) is 16.8 Å². The second kappa shape index (κ2) is 5.98. The minimum atomic E-state index is 0.422. The predicted octanol–water partition coefficient (Wildman–Crippen LogP) is 3.52. The molecule has 1 saturated heterocycles. The molecule has 3 atom stereocenters. The van der Waals surface area contributed by atoms with Crippen LogP contribution in [0.4, 0.5) is 0 Å². The quantitative estimate of drug-likeness (QED) is 0.867. The Morgan fingerprint density at radius 1 is 1.59 bits per heavy atom. The fourth-order valence-corrected chi connectivity index (χ4v) is 3.31. The first-order chi connectivity index (χ1) is 8.20. The maximum atomic E-state index is 5.72. The van der Waals surface area contributed by atoms with Crippen molar-refractivity contribution >= 4 is 11.3 Å². The molecule has 1 aliphatic heterocycles. The van der Waals surface area contributed by atoms with Crippen molar-refractivity contribution in [2.24, 2.45) is 5.92 Å². The summed E-state index contributed by atoms with van der Waals surface area (Å²) in [5.41, 5.74) is 1.45. The summed E-state index contributed by atoms with van der Waals surface area (Å²) in [6.45, 7) is 8.56. The van der Waals surface area contributed by atoms with Crippen molar-refractivity contribution < 1.29 is 4.74 Å². The highest BCUT2D eigenvalue weighted by Crippen LogP contribution is 2.33. The lowest BCUT2D eigenvalue weighted by Gasteiger charge is -2.23. The van der Waals surface area contributed by atoms with Gasteiger partial charge in [-0.05, 0) is 50.2 Å². The SMILES string of the molecule is CCCNC(c1csc(C)c1)C1COC(C)C1. The molecule has 1 fully saturated rings. The van der Waals surface area contributed by atoms with Gasteiger partial charge < -0.3 is 10.1 Å². The monoisotopic (exact) mass is 253 g/mol. The normalized spacial score (nSPS) is 26.3. The van der Waals surface area contributed by atoms with E-state index in [0.29, 0.717) is 18.1 Å². The molecule has 2 rings (SSSR count). The fraction of sp³-hybridized carbons (Fsp3) is 0.714. The van der Waals surface area contributed by atoms with Crippen molar-refractivity contribution in [3.8, 4) is 0 Å². The van der Waals surface area contributed by atoms with E-state index >= 15 is 0 Å². The summed E-state index contributed by atoms with van der Waals surface area (Å²) >= 11 is 1.84. The molecule has 17 heavy (non-hydrogen) atoms. The smallest absolute Gasteiger partial charge is 0.0551 e. The van der Waals surface area contributed by atoms with Crippen LogP contribution < -0.4 is 5.32 Å². The van der Waals surface area contributed by atoms with Gasteiger partial charge in [0.15, 0.2) is 0 Å². The van der Waals surface area contributed by atoms with Crippen LogP contribution in [0.2, 0.25) is 0 Å². The van der Waals surface area contributed by atoms with E-state index in [1.165, 1.54) is 23.3 Å². The van der Waals surface area contributed by atoms with Gasteiger partial charge in [0.1, 0.15) is 0 Å². The average molecular weight is 253 g/mol. The zero-order chi connectivity index (χ0) is 12.3. The maximum Gasteiger partial charge on any atom is 0.0551 e. The number of hydrogen-bond donors (Lipinski definition) is 1. The van der Waals surface area contributed by atoms with E-state index in [0.717, 1.165) is 13.2 Å². The molecule has 0 aliphatic carbocycles. The molecule has 0 radical (unpaired) electrons. The number of nitrogens with one attached hydrogen (secondary N) is 1. The van der Waals surface area contributed by atoms with Gasteiger partial charge in [-0.1, -0.05) is 6.92 Å². The van der Waals surface area contributed by atoms with Gasteiger partial charge in [-0.15, -0.1) is 11.3 Å². The standard InChI is InChI=1S/C14H23NOS/c1-4-5-15-14(12-6-10(2)16-8-12)13-7-11(3)17-9-13/h7,9-10,12,14-15H,4-6,8H2,1-3H3. The van der Waals surface area contributed by atoms with Crippen molar-refractivity contribution in [1.82, 2.24) is 5.32 Å². The van der Waals surface area contributed by atoms with E-state index in [1.807, 2.05) is 11.3 Å². The molecular formula is C14H23NOS. The summed E-state index contributed by atoms with van der Waals surface area (Å²) in [5, 5.41) is 5.99. The summed E-state index contributed by atoms with van der Waals surface area (Å²) in [6, 6.07) is 2.80. The van der Waals surface area contributed by atoms with Crippen molar-refractivity contribution in [3.63, 3.8) is 0 Å². The Morgan fingerprint density at radius 3 is 2.94 bits per heavy atom. The molecule has 0 aromatic carbocycles. The van der Waals surface area contributed by atoms with Crippen LogP contribution in [0.15, 0.2) is 11.4 Å². The lowest BCUT2D eigenvalue weighted by atomic mass is 9.92. The summed E-state index contributed by atoms with van der Waals surface area (Å²) in [7, 11) is 0. The molecule has 0 spiro atoms. The molecule has 1 N–H and O–H groups in total. The van der Waals surface area contributed by atoms with Gasteiger partial charge in [-0.2, -0.15) is 0 Å². The van der Waals surface area contributed by atoms with Crippen molar-refractivity contribution in [3.05, 3.63) is 21.9 Å². The Hall–Kier alpha value is -0.380. The number of hydrogen-bond acceptors (Lipinski definition) is 3. The van der Waals surface area contributed by atoms with Gasteiger partial charge in [-0.3, -0.25) is 0 Å². The number of aryl methyl sites for hydroxylation is 1. The third-order valence-electron chi connectivity index (χ3n) is 3.43. The second-order valence-electron chi connectivity index (χ2n) is 5.06. The van der Waals surface area contributed by atoms with Crippen LogP contribution in [0.3, 0.4) is 0 Å². The van der Waals surface area contributed by atoms with Crippen LogP contribution in [-0.2, 0) is 4.74 Å². The lowest BCUT2D eigenvalue weighted by Crippen LogP contribution is -2.29.